The summed E-state index contributed by atoms with van der Waals surface area (Å²) in [6, 6.07) is 4.09. The summed E-state index contributed by atoms with van der Waals surface area (Å²) in [5.41, 5.74) is 0.435. The summed E-state index contributed by atoms with van der Waals surface area (Å²) in [6.45, 7) is 0.134. The first-order valence-electron chi connectivity index (χ1n) is 5.39. The summed E-state index contributed by atoms with van der Waals surface area (Å²) >= 11 is 5.48. The van der Waals surface area contributed by atoms with E-state index in [1.54, 1.807) is 7.05 Å². The van der Waals surface area contributed by atoms with Crippen LogP contribution in [0.2, 0.25) is 0 Å². The number of hydrogen-bond donors (Lipinski definition) is 0. The minimum absolute atomic E-state index is 0.134. The van der Waals surface area contributed by atoms with E-state index in [0.717, 1.165) is 0 Å². The standard InChI is InChI=1S/C12H10ClFN4O/c1-18-16-12(15-17-18)8-19-11-5-4-10(14)7-9(11)3-2-6-13/h4-5,7H,6,8H2,1H3. The summed E-state index contributed by atoms with van der Waals surface area (Å²) in [7, 11) is 1.66. The van der Waals surface area contributed by atoms with Crippen molar-refractivity contribution in [1.29, 1.82) is 0 Å². The number of rotatable bonds is 3. The molecule has 0 amide bonds. The largest absolute Gasteiger partial charge is 0.484 e. The zero-order chi connectivity index (χ0) is 13.7. The first-order chi connectivity index (χ1) is 9.19. The number of alkyl halides is 1. The van der Waals surface area contributed by atoms with Crippen LogP contribution in [0.25, 0.3) is 0 Å². The number of halogens is 2. The van der Waals surface area contributed by atoms with Gasteiger partial charge < -0.3 is 4.74 Å². The third-order valence-corrected chi connectivity index (χ3v) is 2.27. The smallest absolute Gasteiger partial charge is 0.212 e. The lowest BCUT2D eigenvalue weighted by atomic mass is 10.2. The maximum Gasteiger partial charge on any atom is 0.212 e. The fraction of sp³-hybridized carbons (Fsp3) is 0.250. The molecule has 0 radical (unpaired) electrons. The fourth-order valence-corrected chi connectivity index (χ4v) is 1.44. The lowest BCUT2D eigenvalue weighted by molar-refractivity contribution is 0.294. The van der Waals surface area contributed by atoms with E-state index in [1.807, 2.05) is 0 Å². The van der Waals surface area contributed by atoms with Crippen LogP contribution in [-0.2, 0) is 13.7 Å². The zero-order valence-corrected chi connectivity index (χ0v) is 10.9. The van der Waals surface area contributed by atoms with Gasteiger partial charge in [0.05, 0.1) is 18.5 Å². The van der Waals surface area contributed by atoms with Gasteiger partial charge in [0.1, 0.15) is 11.6 Å². The maximum absolute atomic E-state index is 13.1. The summed E-state index contributed by atoms with van der Waals surface area (Å²) in [4.78, 5) is 1.33. The molecule has 0 unspecified atom stereocenters. The number of hydrogen-bond acceptors (Lipinski definition) is 4. The highest BCUT2D eigenvalue weighted by molar-refractivity contribution is 6.19. The Morgan fingerprint density at radius 3 is 3.00 bits per heavy atom. The molecular formula is C12H10ClFN4O. The van der Waals surface area contributed by atoms with Crippen molar-refractivity contribution in [2.45, 2.75) is 6.61 Å². The first kappa shape index (κ1) is 13.3. The van der Waals surface area contributed by atoms with Crippen LogP contribution in [0.4, 0.5) is 4.39 Å². The van der Waals surface area contributed by atoms with Gasteiger partial charge in [0.25, 0.3) is 0 Å². The molecule has 0 atom stereocenters. The summed E-state index contributed by atoms with van der Waals surface area (Å²) < 4.78 is 18.6. The molecule has 1 aromatic carbocycles. The van der Waals surface area contributed by atoms with Gasteiger partial charge >= 0.3 is 0 Å². The quantitative estimate of drug-likeness (QED) is 0.632. The monoisotopic (exact) mass is 280 g/mol. The molecule has 0 aliphatic rings. The third-order valence-electron chi connectivity index (χ3n) is 2.14. The van der Waals surface area contributed by atoms with Gasteiger partial charge in [0.15, 0.2) is 6.61 Å². The predicted octanol–water partition coefficient (Wildman–Crippen LogP) is 1.52. The molecule has 0 aliphatic heterocycles. The minimum atomic E-state index is -0.385. The predicted molar refractivity (Wildman–Crippen MR) is 67.1 cm³/mol. The highest BCUT2D eigenvalue weighted by Gasteiger charge is 2.06. The molecule has 5 nitrogen and oxygen atoms in total. The molecule has 0 fully saturated rings. The first-order valence-corrected chi connectivity index (χ1v) is 5.92. The molecule has 2 aromatic rings. The van der Waals surface area contributed by atoms with Gasteiger partial charge in [0, 0.05) is 0 Å². The SMILES string of the molecule is Cn1nnc(COc2ccc(F)cc2C#CCCl)n1. The molecule has 0 aliphatic carbocycles. The minimum Gasteiger partial charge on any atom is -0.484 e. The average Bonchev–Trinajstić information content (AvgIpc) is 2.81. The molecule has 0 spiro atoms. The van der Waals surface area contributed by atoms with Gasteiger partial charge in [-0.3, -0.25) is 0 Å². The second-order valence-corrected chi connectivity index (χ2v) is 3.83. The van der Waals surface area contributed by atoms with Gasteiger partial charge in [-0.1, -0.05) is 11.8 Å². The third kappa shape index (κ3) is 3.66. The Labute approximate surface area is 114 Å². The molecule has 98 valence electrons. The van der Waals surface area contributed by atoms with Crippen molar-refractivity contribution in [2.75, 3.05) is 5.88 Å². The zero-order valence-electron chi connectivity index (χ0n) is 10.1. The van der Waals surface area contributed by atoms with E-state index in [4.69, 9.17) is 16.3 Å². The van der Waals surface area contributed by atoms with Crippen LogP contribution in [0.15, 0.2) is 18.2 Å². The Morgan fingerprint density at radius 2 is 2.32 bits per heavy atom. The molecule has 2 rings (SSSR count). The number of tetrazole rings is 1. The number of nitrogens with zero attached hydrogens (tertiary/aromatic N) is 4. The van der Waals surface area contributed by atoms with Gasteiger partial charge in [-0.2, -0.15) is 4.80 Å². The second-order valence-electron chi connectivity index (χ2n) is 3.56. The van der Waals surface area contributed by atoms with E-state index in [1.165, 1.54) is 23.0 Å². The van der Waals surface area contributed by atoms with Crippen LogP contribution in [0.3, 0.4) is 0 Å². The van der Waals surface area contributed by atoms with Crippen LogP contribution < -0.4 is 4.74 Å². The van der Waals surface area contributed by atoms with E-state index in [9.17, 15) is 4.39 Å². The fourth-order valence-electron chi connectivity index (χ4n) is 1.38. The molecule has 1 aromatic heterocycles. The summed E-state index contributed by atoms with van der Waals surface area (Å²) in [5.74, 6) is 6.06. The van der Waals surface area contributed by atoms with Crippen LogP contribution in [0.1, 0.15) is 11.4 Å². The van der Waals surface area contributed by atoms with Gasteiger partial charge in [-0.25, -0.2) is 4.39 Å². The highest BCUT2D eigenvalue weighted by Crippen LogP contribution is 2.19. The van der Waals surface area contributed by atoms with E-state index in [-0.39, 0.29) is 18.3 Å². The Bertz CT molecular complexity index is 632. The van der Waals surface area contributed by atoms with Crippen molar-refractivity contribution in [3.8, 4) is 17.6 Å². The Hall–Kier alpha value is -2.13. The lowest BCUT2D eigenvalue weighted by Gasteiger charge is -2.05. The van der Waals surface area contributed by atoms with Gasteiger partial charge in [-0.15, -0.1) is 21.8 Å². The lowest BCUT2D eigenvalue weighted by Crippen LogP contribution is -2.00. The van der Waals surface area contributed by atoms with Crippen molar-refractivity contribution in [2.24, 2.45) is 7.05 Å². The molecular weight excluding hydrogens is 271 g/mol. The molecule has 0 saturated heterocycles. The molecule has 0 bridgehead atoms. The van der Waals surface area contributed by atoms with Crippen molar-refractivity contribution in [1.82, 2.24) is 20.2 Å². The van der Waals surface area contributed by atoms with E-state index < -0.39 is 0 Å². The van der Waals surface area contributed by atoms with Gasteiger partial charge in [-0.05, 0) is 23.4 Å². The number of ether oxygens (including phenoxy) is 1. The molecule has 1 heterocycles. The normalized spacial score (nSPS) is 9.84. The summed E-state index contributed by atoms with van der Waals surface area (Å²) in [6.07, 6.45) is 0. The van der Waals surface area contributed by atoms with Crippen molar-refractivity contribution >= 4 is 11.6 Å². The average molecular weight is 281 g/mol. The van der Waals surface area contributed by atoms with Crippen molar-refractivity contribution in [3.05, 3.63) is 35.4 Å². The molecule has 0 N–H and O–H groups in total. The molecule has 0 saturated carbocycles. The van der Waals surface area contributed by atoms with Crippen LogP contribution in [0, 0.1) is 17.7 Å². The number of aromatic nitrogens is 4. The van der Waals surface area contributed by atoms with E-state index in [0.29, 0.717) is 17.1 Å². The molecule has 7 heteroatoms. The van der Waals surface area contributed by atoms with Crippen LogP contribution in [0.5, 0.6) is 5.75 Å². The Kier molecular flexibility index (Phi) is 4.31. The molecule has 19 heavy (non-hydrogen) atoms. The van der Waals surface area contributed by atoms with E-state index in [2.05, 4.69) is 27.3 Å². The topological polar surface area (TPSA) is 52.8 Å². The van der Waals surface area contributed by atoms with Crippen LogP contribution >= 0.6 is 11.6 Å². The maximum atomic E-state index is 13.1. The number of benzene rings is 1. The van der Waals surface area contributed by atoms with E-state index >= 15 is 0 Å². The van der Waals surface area contributed by atoms with Crippen molar-refractivity contribution in [3.63, 3.8) is 0 Å². The highest BCUT2D eigenvalue weighted by atomic mass is 35.5. The van der Waals surface area contributed by atoms with Crippen LogP contribution in [-0.4, -0.2) is 26.1 Å². The Morgan fingerprint density at radius 1 is 1.47 bits per heavy atom. The second kappa shape index (κ2) is 6.16. The van der Waals surface area contributed by atoms with Crippen molar-refractivity contribution < 1.29 is 9.13 Å². The number of aryl methyl sites for hydroxylation is 1. The summed E-state index contributed by atoms with van der Waals surface area (Å²) in [5, 5.41) is 11.4. The Balaban J connectivity index is 2.15. The van der Waals surface area contributed by atoms with Gasteiger partial charge in [0.2, 0.25) is 5.82 Å².